The van der Waals surface area contributed by atoms with E-state index >= 15 is 0 Å². The first-order valence-corrected chi connectivity index (χ1v) is 4.85. The smallest absolute Gasteiger partial charge is 0.0296 e. The van der Waals surface area contributed by atoms with Gasteiger partial charge in [-0.3, -0.25) is 4.98 Å². The van der Waals surface area contributed by atoms with E-state index in [1.165, 1.54) is 12.0 Å². The fourth-order valence-corrected chi connectivity index (χ4v) is 1.29. The van der Waals surface area contributed by atoms with Gasteiger partial charge in [0.1, 0.15) is 0 Å². The fraction of sp³-hybridized carbons (Fsp3) is 0.545. The molecule has 0 radical (unpaired) electrons. The predicted octanol–water partition coefficient (Wildman–Crippen LogP) is 2.52. The Hall–Kier alpha value is -0.890. The van der Waals surface area contributed by atoms with Crippen molar-refractivity contribution in [2.45, 2.75) is 32.7 Å². The van der Waals surface area contributed by atoms with Crippen molar-refractivity contribution in [1.82, 2.24) is 4.98 Å². The summed E-state index contributed by atoms with van der Waals surface area (Å²) in [5.41, 5.74) is 7.21. The number of pyridine rings is 1. The quantitative estimate of drug-likeness (QED) is 0.769. The topological polar surface area (TPSA) is 38.9 Å². The van der Waals surface area contributed by atoms with E-state index < -0.39 is 0 Å². The van der Waals surface area contributed by atoms with Gasteiger partial charge >= 0.3 is 0 Å². The molecule has 0 spiro atoms. The maximum Gasteiger partial charge on any atom is 0.0296 e. The summed E-state index contributed by atoms with van der Waals surface area (Å²) < 4.78 is 0. The van der Waals surface area contributed by atoms with Crippen LogP contribution in [0.25, 0.3) is 0 Å². The summed E-state index contributed by atoms with van der Waals surface area (Å²) in [6, 6.07) is 4.15. The maximum absolute atomic E-state index is 6.02. The number of rotatable bonds is 4. The van der Waals surface area contributed by atoms with Crippen LogP contribution in [-0.4, -0.2) is 4.98 Å². The van der Waals surface area contributed by atoms with Gasteiger partial charge < -0.3 is 5.73 Å². The third kappa shape index (κ3) is 3.55. The molecule has 0 bridgehead atoms. The van der Waals surface area contributed by atoms with Crippen LogP contribution in [0.1, 0.15) is 38.3 Å². The summed E-state index contributed by atoms with van der Waals surface area (Å²) in [4.78, 5) is 3.97. The van der Waals surface area contributed by atoms with Crippen molar-refractivity contribution in [3.8, 4) is 0 Å². The van der Waals surface area contributed by atoms with Gasteiger partial charge in [0.15, 0.2) is 0 Å². The van der Waals surface area contributed by atoms with Crippen molar-refractivity contribution in [3.63, 3.8) is 0 Å². The van der Waals surface area contributed by atoms with Crippen molar-refractivity contribution in [1.29, 1.82) is 0 Å². The monoisotopic (exact) mass is 178 g/mol. The summed E-state index contributed by atoms with van der Waals surface area (Å²) in [6.07, 6.45) is 5.83. The molecule has 0 aliphatic heterocycles. The molecule has 0 aromatic carbocycles. The second-order valence-corrected chi connectivity index (χ2v) is 3.86. The molecule has 1 aromatic rings. The van der Waals surface area contributed by atoms with E-state index in [1.807, 2.05) is 12.1 Å². The molecule has 0 saturated heterocycles. The molecule has 2 nitrogen and oxygen atoms in total. The van der Waals surface area contributed by atoms with E-state index in [0.29, 0.717) is 0 Å². The van der Waals surface area contributed by atoms with Gasteiger partial charge in [0, 0.05) is 18.4 Å². The molecular formula is C11H18N2. The molecule has 0 fully saturated rings. The highest BCUT2D eigenvalue weighted by molar-refractivity contribution is 5.13. The van der Waals surface area contributed by atoms with Gasteiger partial charge in [0.2, 0.25) is 0 Å². The number of hydrogen-bond donors (Lipinski definition) is 1. The normalized spacial score (nSPS) is 13.2. The van der Waals surface area contributed by atoms with Gasteiger partial charge in [-0.25, -0.2) is 0 Å². The zero-order chi connectivity index (χ0) is 9.68. The van der Waals surface area contributed by atoms with Crippen molar-refractivity contribution in [2.24, 2.45) is 11.7 Å². The Morgan fingerprint density at radius 2 is 1.85 bits per heavy atom. The lowest BCUT2D eigenvalue weighted by Crippen LogP contribution is -2.11. The molecule has 0 aliphatic rings. The molecule has 1 heterocycles. The highest BCUT2D eigenvalue weighted by Crippen LogP contribution is 2.17. The Bertz CT molecular complexity index is 231. The minimum absolute atomic E-state index is 0.172. The standard InChI is InChI=1S/C11H18N2/c1-9(2)3-4-11(12)10-5-7-13-8-6-10/h5-9,11H,3-4,12H2,1-2H3. The molecular weight excluding hydrogens is 160 g/mol. The summed E-state index contributed by atoms with van der Waals surface area (Å²) in [6.45, 7) is 4.44. The molecule has 2 N–H and O–H groups in total. The van der Waals surface area contributed by atoms with Crippen LogP contribution >= 0.6 is 0 Å². The van der Waals surface area contributed by atoms with Crippen LogP contribution in [0.15, 0.2) is 24.5 Å². The number of hydrogen-bond acceptors (Lipinski definition) is 2. The van der Waals surface area contributed by atoms with Gasteiger partial charge in [-0.15, -0.1) is 0 Å². The number of aromatic nitrogens is 1. The van der Waals surface area contributed by atoms with E-state index in [1.54, 1.807) is 12.4 Å². The Kier molecular flexibility index (Phi) is 3.90. The van der Waals surface area contributed by atoms with Crippen molar-refractivity contribution >= 4 is 0 Å². The Balaban J connectivity index is 2.44. The van der Waals surface area contributed by atoms with Crippen LogP contribution in [0, 0.1) is 5.92 Å². The van der Waals surface area contributed by atoms with Crippen LogP contribution < -0.4 is 5.73 Å². The Morgan fingerprint density at radius 3 is 2.38 bits per heavy atom. The molecule has 72 valence electrons. The lowest BCUT2D eigenvalue weighted by atomic mass is 9.99. The van der Waals surface area contributed by atoms with Gasteiger partial charge in [0.05, 0.1) is 0 Å². The minimum atomic E-state index is 0.172. The van der Waals surface area contributed by atoms with E-state index in [2.05, 4.69) is 18.8 Å². The average molecular weight is 178 g/mol. The Labute approximate surface area is 80.2 Å². The number of nitrogens with zero attached hydrogens (tertiary/aromatic N) is 1. The lowest BCUT2D eigenvalue weighted by Gasteiger charge is -2.12. The molecule has 0 aliphatic carbocycles. The highest BCUT2D eigenvalue weighted by Gasteiger charge is 2.05. The summed E-state index contributed by atoms with van der Waals surface area (Å²) >= 11 is 0. The van der Waals surface area contributed by atoms with Crippen molar-refractivity contribution in [3.05, 3.63) is 30.1 Å². The lowest BCUT2D eigenvalue weighted by molar-refractivity contribution is 0.507. The van der Waals surface area contributed by atoms with Crippen LogP contribution in [0.5, 0.6) is 0 Å². The number of nitrogens with two attached hydrogens (primary N) is 1. The van der Waals surface area contributed by atoms with Crippen LogP contribution in [0.4, 0.5) is 0 Å². The molecule has 1 atom stereocenters. The second-order valence-electron chi connectivity index (χ2n) is 3.86. The molecule has 2 heteroatoms. The molecule has 1 rings (SSSR count). The van der Waals surface area contributed by atoms with Crippen molar-refractivity contribution < 1.29 is 0 Å². The van der Waals surface area contributed by atoms with E-state index in [0.717, 1.165) is 12.3 Å². The van der Waals surface area contributed by atoms with Gasteiger partial charge in [-0.1, -0.05) is 13.8 Å². The maximum atomic E-state index is 6.02. The zero-order valence-corrected chi connectivity index (χ0v) is 8.40. The minimum Gasteiger partial charge on any atom is -0.324 e. The second kappa shape index (κ2) is 4.97. The largest absolute Gasteiger partial charge is 0.324 e. The first-order chi connectivity index (χ1) is 6.20. The third-order valence-corrected chi connectivity index (χ3v) is 2.19. The Morgan fingerprint density at radius 1 is 1.23 bits per heavy atom. The third-order valence-electron chi connectivity index (χ3n) is 2.19. The van der Waals surface area contributed by atoms with Crippen LogP contribution in [0.3, 0.4) is 0 Å². The summed E-state index contributed by atoms with van der Waals surface area (Å²) in [5, 5.41) is 0. The molecule has 1 unspecified atom stereocenters. The molecule has 13 heavy (non-hydrogen) atoms. The summed E-state index contributed by atoms with van der Waals surface area (Å²) in [7, 11) is 0. The highest BCUT2D eigenvalue weighted by atomic mass is 14.6. The SMILES string of the molecule is CC(C)CCC(N)c1ccncc1. The van der Waals surface area contributed by atoms with Gasteiger partial charge in [-0.2, -0.15) is 0 Å². The van der Waals surface area contributed by atoms with Crippen LogP contribution in [-0.2, 0) is 0 Å². The first kappa shape index (κ1) is 10.2. The van der Waals surface area contributed by atoms with E-state index in [4.69, 9.17) is 5.73 Å². The van der Waals surface area contributed by atoms with Gasteiger partial charge in [-0.05, 0) is 36.5 Å². The molecule has 1 aromatic heterocycles. The fourth-order valence-electron chi connectivity index (χ4n) is 1.29. The van der Waals surface area contributed by atoms with Crippen molar-refractivity contribution in [2.75, 3.05) is 0 Å². The van der Waals surface area contributed by atoms with E-state index in [-0.39, 0.29) is 6.04 Å². The molecule has 0 saturated carbocycles. The first-order valence-electron chi connectivity index (χ1n) is 4.85. The average Bonchev–Trinajstić information content (AvgIpc) is 2.15. The summed E-state index contributed by atoms with van der Waals surface area (Å²) in [5.74, 6) is 0.730. The van der Waals surface area contributed by atoms with Gasteiger partial charge in [0.25, 0.3) is 0 Å². The predicted molar refractivity (Wildman–Crippen MR) is 55.2 cm³/mol. The van der Waals surface area contributed by atoms with Crippen LogP contribution in [0.2, 0.25) is 0 Å². The molecule has 0 amide bonds. The van der Waals surface area contributed by atoms with E-state index in [9.17, 15) is 0 Å². The zero-order valence-electron chi connectivity index (χ0n) is 8.40.